The second kappa shape index (κ2) is 7.53. The van der Waals surface area contributed by atoms with Crippen LogP contribution in [0.2, 0.25) is 0 Å². The Bertz CT molecular complexity index is 311. The lowest BCUT2D eigenvalue weighted by molar-refractivity contribution is 0.230. The molecule has 3 N–H and O–H groups in total. The normalized spacial score (nSPS) is 27.4. The topological polar surface area (TPSA) is 61.4 Å². The van der Waals surface area contributed by atoms with Gasteiger partial charge in [-0.2, -0.15) is 0 Å². The number of aliphatic hydroxyl groups is 1. The number of carbonyl (C=O) groups is 1. The number of urea groups is 1. The average molecular weight is 266 g/mol. The second-order valence-electron chi connectivity index (χ2n) is 5.86. The Morgan fingerprint density at radius 3 is 2.68 bits per heavy atom. The molecule has 0 aromatic rings. The van der Waals surface area contributed by atoms with Crippen molar-refractivity contribution in [3.05, 3.63) is 12.2 Å². The lowest BCUT2D eigenvalue weighted by Crippen LogP contribution is -2.41. The highest BCUT2D eigenvalue weighted by molar-refractivity contribution is 5.74. The molecule has 0 bridgehead atoms. The summed E-state index contributed by atoms with van der Waals surface area (Å²) in [5, 5.41) is 14.9. The first-order valence-corrected chi connectivity index (χ1v) is 7.61. The van der Waals surface area contributed by atoms with Gasteiger partial charge in [-0.15, -0.1) is 0 Å². The zero-order valence-electron chi connectivity index (χ0n) is 11.6. The van der Waals surface area contributed by atoms with E-state index in [1.165, 1.54) is 32.1 Å². The molecule has 1 fully saturated rings. The SMILES string of the molecule is O=C(NCCC1CCCCC1)N[C@@H]1C=C[C@H](CO)C1. The largest absolute Gasteiger partial charge is 0.396 e. The lowest BCUT2D eigenvalue weighted by atomic mass is 9.87. The summed E-state index contributed by atoms with van der Waals surface area (Å²) in [6, 6.07) is -0.00382. The molecule has 2 atom stereocenters. The summed E-state index contributed by atoms with van der Waals surface area (Å²) in [4.78, 5) is 11.7. The molecule has 2 aliphatic rings. The van der Waals surface area contributed by atoms with Crippen molar-refractivity contribution in [2.75, 3.05) is 13.2 Å². The highest BCUT2D eigenvalue weighted by Crippen LogP contribution is 2.25. The van der Waals surface area contributed by atoms with Gasteiger partial charge in [0.1, 0.15) is 0 Å². The molecule has 4 nitrogen and oxygen atoms in total. The zero-order valence-corrected chi connectivity index (χ0v) is 11.6. The summed E-state index contributed by atoms with van der Waals surface area (Å²) in [7, 11) is 0. The molecule has 0 radical (unpaired) electrons. The van der Waals surface area contributed by atoms with Gasteiger partial charge in [0.2, 0.25) is 0 Å². The van der Waals surface area contributed by atoms with Gasteiger partial charge >= 0.3 is 6.03 Å². The van der Waals surface area contributed by atoms with E-state index in [9.17, 15) is 4.79 Å². The van der Waals surface area contributed by atoms with Crippen LogP contribution in [-0.4, -0.2) is 30.3 Å². The van der Waals surface area contributed by atoms with Crippen molar-refractivity contribution in [2.45, 2.75) is 51.0 Å². The molecule has 108 valence electrons. The molecule has 0 aliphatic heterocycles. The van der Waals surface area contributed by atoms with Crippen molar-refractivity contribution in [3.63, 3.8) is 0 Å². The third-order valence-electron chi connectivity index (χ3n) is 4.29. The Kier molecular flexibility index (Phi) is 5.70. The van der Waals surface area contributed by atoms with E-state index in [4.69, 9.17) is 5.11 Å². The highest BCUT2D eigenvalue weighted by atomic mass is 16.3. The van der Waals surface area contributed by atoms with E-state index in [2.05, 4.69) is 10.6 Å². The van der Waals surface area contributed by atoms with Gasteiger partial charge in [0.15, 0.2) is 0 Å². The molecule has 19 heavy (non-hydrogen) atoms. The van der Waals surface area contributed by atoms with Crippen LogP contribution in [0.25, 0.3) is 0 Å². The van der Waals surface area contributed by atoms with Crippen LogP contribution in [-0.2, 0) is 0 Å². The Morgan fingerprint density at radius 1 is 1.21 bits per heavy atom. The molecular weight excluding hydrogens is 240 g/mol. The predicted octanol–water partition coefficient (Wildman–Crippen LogP) is 2.19. The molecule has 0 heterocycles. The molecule has 2 rings (SSSR count). The fraction of sp³-hybridized carbons (Fsp3) is 0.800. The Hall–Kier alpha value is -1.03. The molecule has 0 aromatic heterocycles. The predicted molar refractivity (Wildman–Crippen MR) is 75.8 cm³/mol. The minimum atomic E-state index is -0.0796. The summed E-state index contributed by atoms with van der Waals surface area (Å²) < 4.78 is 0. The molecule has 2 amide bonds. The first-order valence-electron chi connectivity index (χ1n) is 7.61. The van der Waals surface area contributed by atoms with Gasteiger partial charge in [-0.25, -0.2) is 4.79 Å². The molecular formula is C15H26N2O2. The molecule has 4 heteroatoms. The van der Waals surface area contributed by atoms with E-state index in [0.717, 1.165) is 25.3 Å². The number of carbonyl (C=O) groups excluding carboxylic acids is 1. The highest BCUT2D eigenvalue weighted by Gasteiger charge is 2.19. The average Bonchev–Trinajstić information content (AvgIpc) is 2.87. The van der Waals surface area contributed by atoms with Gasteiger partial charge in [-0.1, -0.05) is 44.3 Å². The maximum atomic E-state index is 11.7. The zero-order chi connectivity index (χ0) is 13.5. The fourth-order valence-corrected chi connectivity index (χ4v) is 3.10. The van der Waals surface area contributed by atoms with E-state index in [1.54, 1.807) is 0 Å². The molecule has 1 saturated carbocycles. The van der Waals surface area contributed by atoms with Crippen LogP contribution in [0.4, 0.5) is 4.79 Å². The van der Waals surface area contributed by atoms with Gasteiger partial charge < -0.3 is 15.7 Å². The molecule has 2 aliphatic carbocycles. The van der Waals surface area contributed by atoms with Crippen LogP contribution < -0.4 is 10.6 Å². The van der Waals surface area contributed by atoms with E-state index >= 15 is 0 Å². The fourth-order valence-electron chi connectivity index (χ4n) is 3.10. The van der Waals surface area contributed by atoms with Gasteiger partial charge in [0.25, 0.3) is 0 Å². The molecule has 0 spiro atoms. The number of amides is 2. The monoisotopic (exact) mass is 266 g/mol. The molecule has 0 aromatic carbocycles. The number of hydrogen-bond donors (Lipinski definition) is 3. The summed E-state index contributed by atoms with van der Waals surface area (Å²) in [6.45, 7) is 0.939. The first-order chi connectivity index (χ1) is 9.28. The number of rotatable bonds is 5. The van der Waals surface area contributed by atoms with Crippen LogP contribution in [0.15, 0.2) is 12.2 Å². The summed E-state index contributed by atoms with van der Waals surface area (Å²) >= 11 is 0. The Morgan fingerprint density at radius 2 is 2.00 bits per heavy atom. The number of nitrogens with one attached hydrogen (secondary N) is 2. The lowest BCUT2D eigenvalue weighted by Gasteiger charge is -2.21. The van der Waals surface area contributed by atoms with E-state index < -0.39 is 0 Å². The standard InChI is InChI=1S/C15H26N2O2/c18-11-13-6-7-14(10-13)17-15(19)16-9-8-12-4-2-1-3-5-12/h6-7,12-14,18H,1-5,8-11H2,(H2,16,17,19)/t13-,14+/m0/s1. The Balaban J connectivity index is 1.56. The minimum absolute atomic E-state index is 0.0758. The van der Waals surface area contributed by atoms with Crippen molar-refractivity contribution >= 4 is 6.03 Å². The van der Waals surface area contributed by atoms with E-state index in [0.29, 0.717) is 0 Å². The van der Waals surface area contributed by atoms with Crippen LogP contribution in [0.3, 0.4) is 0 Å². The van der Waals surface area contributed by atoms with E-state index in [1.807, 2.05) is 12.2 Å². The van der Waals surface area contributed by atoms with Crippen molar-refractivity contribution in [3.8, 4) is 0 Å². The third kappa shape index (κ3) is 4.86. The van der Waals surface area contributed by atoms with Crippen molar-refractivity contribution in [2.24, 2.45) is 11.8 Å². The van der Waals surface area contributed by atoms with E-state index in [-0.39, 0.29) is 24.6 Å². The quantitative estimate of drug-likeness (QED) is 0.668. The van der Waals surface area contributed by atoms with Crippen LogP contribution >= 0.6 is 0 Å². The maximum Gasteiger partial charge on any atom is 0.315 e. The van der Waals surface area contributed by atoms with Gasteiger partial charge in [0.05, 0.1) is 0 Å². The maximum absolute atomic E-state index is 11.7. The third-order valence-corrected chi connectivity index (χ3v) is 4.29. The first kappa shape index (κ1) is 14.4. The Labute approximate surface area is 115 Å². The summed E-state index contributed by atoms with van der Waals surface area (Å²) in [5.41, 5.74) is 0. The van der Waals surface area contributed by atoms with Crippen molar-refractivity contribution < 1.29 is 9.90 Å². The van der Waals surface area contributed by atoms with Gasteiger partial charge in [0, 0.05) is 25.1 Å². The van der Waals surface area contributed by atoms with Crippen molar-refractivity contribution in [1.82, 2.24) is 10.6 Å². The minimum Gasteiger partial charge on any atom is -0.396 e. The van der Waals surface area contributed by atoms with Gasteiger partial charge in [-0.3, -0.25) is 0 Å². The van der Waals surface area contributed by atoms with Crippen LogP contribution in [0, 0.1) is 11.8 Å². The number of aliphatic hydroxyl groups excluding tert-OH is 1. The van der Waals surface area contributed by atoms with Crippen LogP contribution in [0.5, 0.6) is 0 Å². The summed E-state index contributed by atoms with van der Waals surface area (Å²) in [5.74, 6) is 1.01. The summed E-state index contributed by atoms with van der Waals surface area (Å²) in [6.07, 6.45) is 12.6. The van der Waals surface area contributed by atoms with Crippen LogP contribution in [0.1, 0.15) is 44.9 Å². The smallest absolute Gasteiger partial charge is 0.315 e. The molecule has 0 saturated heterocycles. The van der Waals surface area contributed by atoms with Gasteiger partial charge in [-0.05, 0) is 18.8 Å². The molecule has 0 unspecified atom stereocenters. The number of hydrogen-bond acceptors (Lipinski definition) is 2. The second-order valence-corrected chi connectivity index (χ2v) is 5.86. The van der Waals surface area contributed by atoms with Crippen molar-refractivity contribution in [1.29, 1.82) is 0 Å².